The minimum Gasteiger partial charge on any atom is -0.333 e. The molecule has 7 heteroatoms. The fourth-order valence-electron chi connectivity index (χ4n) is 2.57. The van der Waals surface area contributed by atoms with Gasteiger partial charge in [0.15, 0.2) is 0 Å². The summed E-state index contributed by atoms with van der Waals surface area (Å²) in [5, 5.41) is 3.24. The summed E-state index contributed by atoms with van der Waals surface area (Å²) in [6.07, 6.45) is 0. The molecule has 122 valence electrons. The molecule has 0 bridgehead atoms. The maximum absolute atomic E-state index is 12.8. The van der Waals surface area contributed by atoms with Crippen LogP contribution in [0.4, 0.5) is 0 Å². The number of carbonyl (C=O) groups excluding carboxylic acids is 1. The van der Waals surface area contributed by atoms with Crippen molar-refractivity contribution in [2.75, 3.05) is 26.2 Å². The van der Waals surface area contributed by atoms with E-state index in [1.54, 1.807) is 17.9 Å². The summed E-state index contributed by atoms with van der Waals surface area (Å²) in [6, 6.07) is 4.79. The Labute approximate surface area is 131 Å². The van der Waals surface area contributed by atoms with Gasteiger partial charge in [0.2, 0.25) is 10.0 Å². The molecule has 1 aliphatic heterocycles. The molecule has 1 saturated heterocycles. The highest BCUT2D eigenvalue weighted by atomic mass is 32.2. The molecular formula is C15H23N3O3S. The molecule has 1 amide bonds. The van der Waals surface area contributed by atoms with Crippen LogP contribution in [0.5, 0.6) is 0 Å². The number of nitrogens with one attached hydrogen (secondary N) is 2. The van der Waals surface area contributed by atoms with E-state index in [9.17, 15) is 13.2 Å². The average Bonchev–Trinajstić information content (AvgIpc) is 2.47. The monoisotopic (exact) mass is 325 g/mol. The van der Waals surface area contributed by atoms with Crippen molar-refractivity contribution in [1.29, 1.82) is 0 Å². The van der Waals surface area contributed by atoms with Gasteiger partial charge >= 0.3 is 0 Å². The summed E-state index contributed by atoms with van der Waals surface area (Å²) in [6.45, 7) is 7.98. The zero-order chi connectivity index (χ0) is 16.3. The van der Waals surface area contributed by atoms with Crippen LogP contribution in [0.25, 0.3) is 0 Å². The predicted octanol–water partition coefficient (Wildman–Crippen LogP) is 0.727. The van der Waals surface area contributed by atoms with E-state index in [1.165, 1.54) is 12.1 Å². The van der Waals surface area contributed by atoms with Crippen LogP contribution in [0.3, 0.4) is 0 Å². The van der Waals surface area contributed by atoms with Crippen LogP contribution in [0.15, 0.2) is 23.1 Å². The number of hydrogen-bond acceptors (Lipinski definition) is 4. The Hall–Kier alpha value is -1.44. The van der Waals surface area contributed by atoms with Crippen LogP contribution < -0.4 is 10.0 Å². The molecule has 0 unspecified atom stereocenters. The number of rotatable bonds is 4. The van der Waals surface area contributed by atoms with Gasteiger partial charge < -0.3 is 10.2 Å². The molecule has 0 spiro atoms. The minimum absolute atomic E-state index is 0.0923. The van der Waals surface area contributed by atoms with Crippen molar-refractivity contribution >= 4 is 15.9 Å². The molecule has 22 heavy (non-hydrogen) atoms. The molecule has 0 aromatic heterocycles. The Morgan fingerprint density at radius 2 is 2.18 bits per heavy atom. The fraction of sp³-hybridized carbons (Fsp3) is 0.533. The molecule has 1 aromatic rings. The molecule has 0 aliphatic carbocycles. The normalized spacial score (nSPS) is 19.2. The highest BCUT2D eigenvalue weighted by Crippen LogP contribution is 2.19. The van der Waals surface area contributed by atoms with E-state index >= 15 is 0 Å². The van der Waals surface area contributed by atoms with E-state index in [4.69, 9.17) is 0 Å². The van der Waals surface area contributed by atoms with Crippen LogP contribution in [0, 0.1) is 6.92 Å². The van der Waals surface area contributed by atoms with E-state index in [-0.39, 0.29) is 16.8 Å². The van der Waals surface area contributed by atoms with Crippen LogP contribution >= 0.6 is 0 Å². The molecule has 2 rings (SSSR count). The van der Waals surface area contributed by atoms with Gasteiger partial charge in [-0.3, -0.25) is 4.79 Å². The summed E-state index contributed by atoms with van der Waals surface area (Å²) in [7, 11) is -3.56. The Kier molecular flexibility index (Phi) is 5.20. The van der Waals surface area contributed by atoms with Gasteiger partial charge in [0.1, 0.15) is 0 Å². The zero-order valence-corrected chi connectivity index (χ0v) is 14.0. The Balaban J connectivity index is 2.36. The predicted molar refractivity (Wildman–Crippen MR) is 85.4 cm³/mol. The minimum atomic E-state index is -3.56. The number of carbonyl (C=O) groups is 1. The third-order valence-electron chi connectivity index (χ3n) is 3.85. The second-order valence-electron chi connectivity index (χ2n) is 5.53. The summed E-state index contributed by atoms with van der Waals surface area (Å²) < 4.78 is 26.7. The van der Waals surface area contributed by atoms with Crippen molar-refractivity contribution in [2.24, 2.45) is 0 Å². The topological polar surface area (TPSA) is 78.5 Å². The van der Waals surface area contributed by atoms with Gasteiger partial charge in [-0.25, -0.2) is 13.1 Å². The summed E-state index contributed by atoms with van der Waals surface area (Å²) in [5.74, 6) is -0.111. The molecule has 2 N–H and O–H groups in total. The van der Waals surface area contributed by atoms with Gasteiger partial charge in [-0.1, -0.05) is 13.0 Å². The van der Waals surface area contributed by atoms with E-state index in [2.05, 4.69) is 10.0 Å². The summed E-state index contributed by atoms with van der Waals surface area (Å²) >= 11 is 0. The van der Waals surface area contributed by atoms with Crippen LogP contribution in [0.2, 0.25) is 0 Å². The summed E-state index contributed by atoms with van der Waals surface area (Å²) in [4.78, 5) is 14.7. The lowest BCUT2D eigenvalue weighted by Crippen LogP contribution is -2.52. The molecule has 0 saturated carbocycles. The Bertz CT molecular complexity index is 658. The van der Waals surface area contributed by atoms with Gasteiger partial charge in [-0.15, -0.1) is 0 Å². The molecule has 6 nitrogen and oxygen atoms in total. The highest BCUT2D eigenvalue weighted by molar-refractivity contribution is 7.89. The fourth-order valence-corrected chi connectivity index (χ4v) is 3.64. The van der Waals surface area contributed by atoms with Crippen molar-refractivity contribution in [1.82, 2.24) is 14.9 Å². The first-order chi connectivity index (χ1) is 10.4. The van der Waals surface area contributed by atoms with Crippen molar-refractivity contribution in [3.8, 4) is 0 Å². The van der Waals surface area contributed by atoms with Crippen molar-refractivity contribution in [3.05, 3.63) is 29.3 Å². The quantitative estimate of drug-likeness (QED) is 0.855. The van der Waals surface area contributed by atoms with E-state index in [0.29, 0.717) is 18.7 Å². The highest BCUT2D eigenvalue weighted by Gasteiger charge is 2.26. The lowest BCUT2D eigenvalue weighted by Gasteiger charge is -2.34. The SMILES string of the molecule is CCNS(=O)(=O)c1ccc(C)c(C(=O)N2CCNC[C@@H]2C)c1. The number of nitrogens with zero attached hydrogens (tertiary/aromatic N) is 1. The smallest absolute Gasteiger partial charge is 0.254 e. The maximum atomic E-state index is 12.8. The van der Waals surface area contributed by atoms with Gasteiger partial charge in [0.05, 0.1) is 4.90 Å². The molecule has 1 fully saturated rings. The van der Waals surface area contributed by atoms with E-state index in [1.807, 2.05) is 13.8 Å². The van der Waals surface area contributed by atoms with Crippen LogP contribution in [0.1, 0.15) is 29.8 Å². The molecule has 0 radical (unpaired) electrons. The first-order valence-corrected chi connectivity index (χ1v) is 8.97. The second-order valence-corrected chi connectivity index (χ2v) is 7.30. The molecule has 1 heterocycles. The van der Waals surface area contributed by atoms with Gasteiger partial charge in [-0.05, 0) is 31.5 Å². The van der Waals surface area contributed by atoms with Gasteiger partial charge in [0, 0.05) is 37.8 Å². The number of hydrogen-bond donors (Lipinski definition) is 2. The van der Waals surface area contributed by atoms with Gasteiger partial charge in [0.25, 0.3) is 5.91 Å². The lowest BCUT2D eigenvalue weighted by molar-refractivity contribution is 0.0654. The maximum Gasteiger partial charge on any atom is 0.254 e. The third-order valence-corrected chi connectivity index (χ3v) is 5.39. The number of sulfonamides is 1. The second kappa shape index (κ2) is 6.76. The van der Waals surface area contributed by atoms with Crippen molar-refractivity contribution < 1.29 is 13.2 Å². The first-order valence-electron chi connectivity index (χ1n) is 7.49. The van der Waals surface area contributed by atoms with E-state index < -0.39 is 10.0 Å². The van der Waals surface area contributed by atoms with Crippen molar-refractivity contribution in [2.45, 2.75) is 31.7 Å². The summed E-state index contributed by atoms with van der Waals surface area (Å²) in [5.41, 5.74) is 1.24. The lowest BCUT2D eigenvalue weighted by atomic mass is 10.1. The van der Waals surface area contributed by atoms with Crippen LogP contribution in [-0.2, 0) is 10.0 Å². The number of amides is 1. The van der Waals surface area contributed by atoms with Crippen molar-refractivity contribution in [3.63, 3.8) is 0 Å². The Morgan fingerprint density at radius 1 is 1.45 bits per heavy atom. The molecule has 1 atom stereocenters. The largest absolute Gasteiger partial charge is 0.333 e. The first kappa shape index (κ1) is 16.9. The number of aryl methyl sites for hydroxylation is 1. The molecule has 1 aromatic carbocycles. The standard InChI is InChI=1S/C15H23N3O3S/c1-4-17-22(20,21)13-6-5-11(2)14(9-13)15(19)18-8-7-16-10-12(18)3/h5-6,9,12,16-17H,4,7-8,10H2,1-3H3/t12-/m0/s1. The third kappa shape index (κ3) is 3.48. The zero-order valence-electron chi connectivity index (χ0n) is 13.2. The van der Waals surface area contributed by atoms with Crippen LogP contribution in [-0.4, -0.2) is 51.4 Å². The van der Waals surface area contributed by atoms with Gasteiger partial charge in [-0.2, -0.15) is 0 Å². The average molecular weight is 325 g/mol. The molecule has 1 aliphatic rings. The number of piperazine rings is 1. The molecular weight excluding hydrogens is 302 g/mol. The van der Waals surface area contributed by atoms with E-state index in [0.717, 1.165) is 18.7 Å². The number of benzene rings is 1. The Morgan fingerprint density at radius 3 is 2.82 bits per heavy atom.